The van der Waals surface area contributed by atoms with Crippen molar-refractivity contribution < 1.29 is 0 Å². The maximum atomic E-state index is 6.01. The number of rotatable bonds is 0. The van der Waals surface area contributed by atoms with Gasteiger partial charge in [0.25, 0.3) is 0 Å². The van der Waals surface area contributed by atoms with Gasteiger partial charge in [-0.25, -0.2) is 0 Å². The summed E-state index contributed by atoms with van der Waals surface area (Å²) in [6, 6.07) is 9.22. The van der Waals surface area contributed by atoms with E-state index in [1.165, 1.54) is 0 Å². The highest BCUT2D eigenvalue weighted by Crippen LogP contribution is 2.30. The zero-order valence-electron chi connectivity index (χ0n) is 6.72. The van der Waals surface area contributed by atoms with Crippen LogP contribution in [0.3, 0.4) is 0 Å². The highest BCUT2D eigenvalue weighted by molar-refractivity contribution is 6.38. The lowest BCUT2D eigenvalue weighted by Crippen LogP contribution is -1.86. The second-order valence-corrected chi connectivity index (χ2v) is 3.65. The maximum absolute atomic E-state index is 6.01. The molecule has 0 aromatic heterocycles. The van der Waals surface area contributed by atoms with Crippen LogP contribution in [-0.4, -0.2) is 0 Å². The Kier molecular flexibility index (Phi) is 2.06. The molecule has 2 N–H and O–H groups in total. The molecule has 13 heavy (non-hydrogen) atoms. The predicted octanol–water partition coefficient (Wildman–Crippen LogP) is 3.73. The number of hydrogen-bond donors (Lipinski definition) is 1. The Labute approximate surface area is 86.1 Å². The summed E-state index contributed by atoms with van der Waals surface area (Å²) >= 11 is 11.8. The Bertz CT molecular complexity index is 466. The fraction of sp³-hybridized carbons (Fsp3) is 0. The molecule has 66 valence electrons. The van der Waals surface area contributed by atoms with Crippen LogP contribution in [0.5, 0.6) is 0 Å². The highest BCUT2D eigenvalue weighted by atomic mass is 35.5. The van der Waals surface area contributed by atoms with Crippen LogP contribution in [0.2, 0.25) is 10.0 Å². The van der Waals surface area contributed by atoms with Gasteiger partial charge < -0.3 is 5.73 Å². The zero-order chi connectivity index (χ0) is 9.42. The molecule has 2 aromatic carbocycles. The largest absolute Gasteiger partial charge is 0.398 e. The van der Waals surface area contributed by atoms with Crippen LogP contribution in [0, 0.1) is 0 Å². The van der Waals surface area contributed by atoms with E-state index in [1.807, 2.05) is 18.2 Å². The lowest BCUT2D eigenvalue weighted by Gasteiger charge is -2.03. The van der Waals surface area contributed by atoms with E-state index in [1.54, 1.807) is 12.1 Å². The first-order chi connectivity index (χ1) is 6.18. The van der Waals surface area contributed by atoms with E-state index in [2.05, 4.69) is 0 Å². The Morgan fingerprint density at radius 2 is 1.77 bits per heavy atom. The van der Waals surface area contributed by atoms with Gasteiger partial charge in [0.15, 0.2) is 0 Å². The molecule has 0 spiro atoms. The Hall–Kier alpha value is -0.920. The van der Waals surface area contributed by atoms with E-state index in [-0.39, 0.29) is 0 Å². The first kappa shape index (κ1) is 8.67. The molecular formula is C10H7Cl2N. The topological polar surface area (TPSA) is 26.0 Å². The summed E-state index contributed by atoms with van der Waals surface area (Å²) in [4.78, 5) is 0. The van der Waals surface area contributed by atoms with Crippen molar-refractivity contribution in [3.05, 3.63) is 40.4 Å². The predicted molar refractivity (Wildman–Crippen MR) is 58.4 cm³/mol. The van der Waals surface area contributed by atoms with E-state index >= 15 is 0 Å². The molecular weight excluding hydrogens is 205 g/mol. The van der Waals surface area contributed by atoms with Gasteiger partial charge in [0, 0.05) is 10.4 Å². The summed E-state index contributed by atoms with van der Waals surface area (Å²) in [5.74, 6) is 0. The molecule has 0 aliphatic carbocycles. The summed E-state index contributed by atoms with van der Waals surface area (Å²) in [6.45, 7) is 0. The second kappa shape index (κ2) is 3.09. The minimum absolute atomic E-state index is 0.592. The van der Waals surface area contributed by atoms with Crippen molar-refractivity contribution in [1.29, 1.82) is 0 Å². The van der Waals surface area contributed by atoms with Crippen molar-refractivity contribution in [2.24, 2.45) is 0 Å². The Morgan fingerprint density at radius 3 is 2.54 bits per heavy atom. The number of hydrogen-bond acceptors (Lipinski definition) is 1. The van der Waals surface area contributed by atoms with Gasteiger partial charge in [0.05, 0.1) is 10.7 Å². The number of nitrogen functional groups attached to an aromatic ring is 1. The minimum Gasteiger partial charge on any atom is -0.398 e. The van der Waals surface area contributed by atoms with Crippen LogP contribution in [0.1, 0.15) is 0 Å². The third-order valence-corrected chi connectivity index (χ3v) is 2.60. The number of nitrogens with two attached hydrogens (primary N) is 1. The standard InChI is InChI=1S/C10H7Cl2N/c11-7-2-3-8-6(5-7)1-4-9(13)10(8)12/h1-5H,13H2. The van der Waals surface area contributed by atoms with Gasteiger partial charge in [0.2, 0.25) is 0 Å². The van der Waals surface area contributed by atoms with Crippen LogP contribution in [0.4, 0.5) is 5.69 Å². The van der Waals surface area contributed by atoms with Gasteiger partial charge in [0.1, 0.15) is 0 Å². The molecule has 0 aliphatic heterocycles. The Balaban J connectivity index is 2.87. The number of anilines is 1. The molecule has 0 bridgehead atoms. The first-order valence-corrected chi connectivity index (χ1v) is 4.57. The lowest BCUT2D eigenvalue weighted by molar-refractivity contribution is 1.72. The van der Waals surface area contributed by atoms with E-state index in [0.717, 1.165) is 10.8 Å². The van der Waals surface area contributed by atoms with E-state index in [0.29, 0.717) is 15.7 Å². The third kappa shape index (κ3) is 1.45. The molecule has 0 unspecified atom stereocenters. The monoisotopic (exact) mass is 211 g/mol. The number of fused-ring (bicyclic) bond motifs is 1. The SMILES string of the molecule is Nc1ccc2cc(Cl)ccc2c1Cl. The Morgan fingerprint density at radius 1 is 1.00 bits per heavy atom. The molecule has 2 rings (SSSR count). The summed E-state index contributed by atoms with van der Waals surface area (Å²) in [6.07, 6.45) is 0. The molecule has 0 saturated carbocycles. The quantitative estimate of drug-likeness (QED) is 0.661. The van der Waals surface area contributed by atoms with Crippen molar-refractivity contribution in [1.82, 2.24) is 0 Å². The molecule has 2 aromatic rings. The van der Waals surface area contributed by atoms with E-state index < -0.39 is 0 Å². The summed E-state index contributed by atoms with van der Waals surface area (Å²) in [5.41, 5.74) is 6.25. The average Bonchev–Trinajstić information content (AvgIpc) is 2.12. The highest BCUT2D eigenvalue weighted by Gasteiger charge is 2.02. The fourth-order valence-corrected chi connectivity index (χ4v) is 1.70. The van der Waals surface area contributed by atoms with Gasteiger partial charge in [-0.1, -0.05) is 35.3 Å². The molecule has 1 nitrogen and oxygen atoms in total. The number of benzene rings is 2. The molecule has 0 saturated heterocycles. The third-order valence-electron chi connectivity index (χ3n) is 1.95. The molecule has 0 atom stereocenters. The molecule has 0 heterocycles. The van der Waals surface area contributed by atoms with Crippen molar-refractivity contribution >= 4 is 39.7 Å². The average molecular weight is 212 g/mol. The van der Waals surface area contributed by atoms with Gasteiger partial charge in [-0.15, -0.1) is 0 Å². The summed E-state index contributed by atoms with van der Waals surface area (Å²) in [5, 5.41) is 3.24. The van der Waals surface area contributed by atoms with Crippen molar-refractivity contribution in [3.63, 3.8) is 0 Å². The van der Waals surface area contributed by atoms with Crippen molar-refractivity contribution in [2.75, 3.05) is 5.73 Å². The molecule has 0 fully saturated rings. The number of halogens is 2. The van der Waals surface area contributed by atoms with Crippen LogP contribution >= 0.6 is 23.2 Å². The first-order valence-electron chi connectivity index (χ1n) is 3.82. The summed E-state index contributed by atoms with van der Waals surface area (Å²) < 4.78 is 0. The van der Waals surface area contributed by atoms with Gasteiger partial charge in [-0.2, -0.15) is 0 Å². The maximum Gasteiger partial charge on any atom is 0.0713 e. The fourth-order valence-electron chi connectivity index (χ4n) is 1.28. The van der Waals surface area contributed by atoms with E-state index in [4.69, 9.17) is 28.9 Å². The van der Waals surface area contributed by atoms with Gasteiger partial charge >= 0.3 is 0 Å². The van der Waals surface area contributed by atoms with E-state index in [9.17, 15) is 0 Å². The van der Waals surface area contributed by atoms with Crippen LogP contribution in [0.25, 0.3) is 10.8 Å². The minimum atomic E-state index is 0.592. The molecule has 3 heteroatoms. The van der Waals surface area contributed by atoms with Crippen LogP contribution in [-0.2, 0) is 0 Å². The zero-order valence-corrected chi connectivity index (χ0v) is 8.23. The van der Waals surface area contributed by atoms with Crippen molar-refractivity contribution in [2.45, 2.75) is 0 Å². The van der Waals surface area contributed by atoms with Crippen LogP contribution in [0.15, 0.2) is 30.3 Å². The molecule has 0 aliphatic rings. The normalized spacial score (nSPS) is 10.6. The second-order valence-electron chi connectivity index (χ2n) is 2.83. The smallest absolute Gasteiger partial charge is 0.0713 e. The van der Waals surface area contributed by atoms with Gasteiger partial charge in [-0.3, -0.25) is 0 Å². The lowest BCUT2D eigenvalue weighted by atomic mass is 10.1. The van der Waals surface area contributed by atoms with Crippen molar-refractivity contribution in [3.8, 4) is 0 Å². The molecule has 0 amide bonds. The van der Waals surface area contributed by atoms with Crippen LogP contribution < -0.4 is 5.73 Å². The summed E-state index contributed by atoms with van der Waals surface area (Å²) in [7, 11) is 0. The van der Waals surface area contributed by atoms with Gasteiger partial charge in [-0.05, 0) is 23.6 Å². The molecule has 0 radical (unpaired) electrons.